The van der Waals surface area contributed by atoms with Crippen LogP contribution in [0.2, 0.25) is 0 Å². The zero-order valence-electron chi connectivity index (χ0n) is 16.0. The van der Waals surface area contributed by atoms with Gasteiger partial charge in [-0.3, -0.25) is 4.99 Å². The fraction of sp³-hybridized carbons (Fsp3) is 0.400. The third-order valence-electron chi connectivity index (χ3n) is 3.75. The third kappa shape index (κ3) is 6.27. The van der Waals surface area contributed by atoms with Gasteiger partial charge < -0.3 is 20.1 Å². The summed E-state index contributed by atoms with van der Waals surface area (Å²) in [6, 6.07) is 11.9. The predicted molar refractivity (Wildman–Crippen MR) is 105 cm³/mol. The van der Waals surface area contributed by atoms with Crippen molar-refractivity contribution in [2.24, 2.45) is 4.99 Å². The summed E-state index contributed by atoms with van der Waals surface area (Å²) in [5.41, 5.74) is 2.21. The molecule has 1 unspecified atom stereocenters. The minimum absolute atomic E-state index is 0.0140. The van der Waals surface area contributed by atoms with Crippen LogP contribution in [0.25, 0.3) is 0 Å². The Hall–Kier alpha value is -2.76. The van der Waals surface area contributed by atoms with Crippen LogP contribution in [0.4, 0.5) is 0 Å². The van der Waals surface area contributed by atoms with E-state index in [-0.39, 0.29) is 6.10 Å². The minimum atomic E-state index is 0.0140. The number of para-hydroxylation sites is 1. The normalized spacial score (nSPS) is 12.4. The molecule has 0 aliphatic rings. The fourth-order valence-corrected chi connectivity index (χ4v) is 2.38. The third-order valence-corrected chi connectivity index (χ3v) is 3.75. The van der Waals surface area contributed by atoms with E-state index in [0.29, 0.717) is 25.6 Å². The molecule has 0 fully saturated rings. The van der Waals surface area contributed by atoms with E-state index in [1.807, 2.05) is 57.2 Å². The van der Waals surface area contributed by atoms with Crippen molar-refractivity contribution in [3.63, 3.8) is 0 Å². The van der Waals surface area contributed by atoms with Gasteiger partial charge in [0.1, 0.15) is 11.9 Å². The summed E-state index contributed by atoms with van der Waals surface area (Å²) in [6.45, 7) is 7.90. The number of aryl methyl sites for hydroxylation is 1. The van der Waals surface area contributed by atoms with E-state index in [4.69, 9.17) is 9.47 Å². The van der Waals surface area contributed by atoms with Gasteiger partial charge in [0, 0.05) is 25.9 Å². The summed E-state index contributed by atoms with van der Waals surface area (Å²) in [4.78, 5) is 8.42. The van der Waals surface area contributed by atoms with Gasteiger partial charge in [0.15, 0.2) is 5.96 Å². The molecule has 6 nitrogen and oxygen atoms in total. The van der Waals surface area contributed by atoms with Crippen LogP contribution in [-0.4, -0.2) is 37.2 Å². The standard InChI is InChI=1S/C20H28N4O2/c1-5-25-19-12-17(10-11-22-19)14-24-20(21-4)23-13-16(3)26-18-9-7-6-8-15(18)2/h6-12,16H,5,13-14H2,1-4H3,(H2,21,23,24). The van der Waals surface area contributed by atoms with Gasteiger partial charge in [0.25, 0.3) is 0 Å². The molecule has 0 bridgehead atoms. The maximum Gasteiger partial charge on any atom is 0.213 e. The lowest BCUT2D eigenvalue weighted by Crippen LogP contribution is -2.41. The molecule has 0 spiro atoms. The van der Waals surface area contributed by atoms with Crippen molar-refractivity contribution in [2.75, 3.05) is 20.2 Å². The Morgan fingerprint density at radius 2 is 2.04 bits per heavy atom. The molecule has 2 rings (SSSR count). The molecule has 0 aliphatic carbocycles. The first-order valence-corrected chi connectivity index (χ1v) is 8.87. The first kappa shape index (κ1) is 19.6. The van der Waals surface area contributed by atoms with Crippen molar-refractivity contribution in [3.05, 3.63) is 53.7 Å². The number of hydrogen-bond donors (Lipinski definition) is 2. The van der Waals surface area contributed by atoms with E-state index < -0.39 is 0 Å². The highest BCUT2D eigenvalue weighted by Crippen LogP contribution is 2.17. The van der Waals surface area contributed by atoms with Crippen molar-refractivity contribution in [3.8, 4) is 11.6 Å². The Morgan fingerprint density at radius 3 is 2.77 bits per heavy atom. The molecule has 26 heavy (non-hydrogen) atoms. The van der Waals surface area contributed by atoms with Gasteiger partial charge in [-0.2, -0.15) is 0 Å². The van der Waals surface area contributed by atoms with Gasteiger partial charge in [-0.1, -0.05) is 18.2 Å². The van der Waals surface area contributed by atoms with Crippen LogP contribution >= 0.6 is 0 Å². The average molecular weight is 356 g/mol. The van der Waals surface area contributed by atoms with Crippen LogP contribution in [0.5, 0.6) is 11.6 Å². The van der Waals surface area contributed by atoms with Crippen LogP contribution in [0.3, 0.4) is 0 Å². The number of nitrogens with zero attached hydrogens (tertiary/aromatic N) is 2. The zero-order valence-corrected chi connectivity index (χ0v) is 16.0. The molecule has 0 saturated heterocycles. The molecular formula is C20H28N4O2. The predicted octanol–water partition coefficient (Wildman–Crippen LogP) is 2.92. The summed E-state index contributed by atoms with van der Waals surface area (Å²) in [5.74, 6) is 2.26. The molecule has 1 aromatic carbocycles. The number of ether oxygens (including phenoxy) is 2. The first-order valence-electron chi connectivity index (χ1n) is 8.87. The molecule has 1 aromatic heterocycles. The number of guanidine groups is 1. The minimum Gasteiger partial charge on any atom is -0.489 e. The summed E-state index contributed by atoms with van der Waals surface area (Å²) >= 11 is 0. The van der Waals surface area contributed by atoms with Crippen LogP contribution in [0.15, 0.2) is 47.6 Å². The molecule has 2 aromatic rings. The molecular weight excluding hydrogens is 328 g/mol. The van der Waals surface area contributed by atoms with Gasteiger partial charge in [0.2, 0.25) is 5.88 Å². The molecule has 0 radical (unpaired) electrons. The Labute approximate surface area is 155 Å². The molecule has 0 saturated carbocycles. The Balaban J connectivity index is 1.80. The number of aliphatic imine (C=N–C) groups is 1. The Bertz CT molecular complexity index is 718. The molecule has 6 heteroatoms. The van der Waals surface area contributed by atoms with E-state index in [2.05, 4.69) is 20.6 Å². The second-order valence-corrected chi connectivity index (χ2v) is 5.94. The smallest absolute Gasteiger partial charge is 0.213 e. The Kier molecular flexibility index (Phi) is 7.74. The summed E-state index contributed by atoms with van der Waals surface area (Å²) in [6.07, 6.45) is 1.76. The number of nitrogens with one attached hydrogen (secondary N) is 2. The van der Waals surface area contributed by atoms with Crippen molar-refractivity contribution in [1.29, 1.82) is 0 Å². The van der Waals surface area contributed by atoms with E-state index in [1.54, 1.807) is 13.2 Å². The van der Waals surface area contributed by atoms with Gasteiger partial charge >= 0.3 is 0 Å². The van der Waals surface area contributed by atoms with Crippen LogP contribution in [-0.2, 0) is 6.54 Å². The number of pyridine rings is 1. The van der Waals surface area contributed by atoms with Crippen molar-refractivity contribution >= 4 is 5.96 Å². The van der Waals surface area contributed by atoms with Gasteiger partial charge in [-0.05, 0) is 44.0 Å². The van der Waals surface area contributed by atoms with Crippen molar-refractivity contribution in [2.45, 2.75) is 33.4 Å². The second kappa shape index (κ2) is 10.3. The van der Waals surface area contributed by atoms with E-state index in [9.17, 15) is 0 Å². The summed E-state index contributed by atoms with van der Waals surface area (Å²) < 4.78 is 11.4. The highest BCUT2D eigenvalue weighted by atomic mass is 16.5. The van der Waals surface area contributed by atoms with E-state index >= 15 is 0 Å². The van der Waals surface area contributed by atoms with Crippen LogP contribution in [0, 0.1) is 6.92 Å². The number of hydrogen-bond acceptors (Lipinski definition) is 4. The van der Waals surface area contributed by atoms with Crippen LogP contribution in [0.1, 0.15) is 25.0 Å². The number of rotatable bonds is 8. The topological polar surface area (TPSA) is 67.8 Å². The lowest BCUT2D eigenvalue weighted by Gasteiger charge is -2.19. The lowest BCUT2D eigenvalue weighted by molar-refractivity contribution is 0.222. The quantitative estimate of drug-likeness (QED) is 0.562. The zero-order chi connectivity index (χ0) is 18.8. The van der Waals surface area contributed by atoms with Crippen molar-refractivity contribution in [1.82, 2.24) is 15.6 Å². The highest BCUT2D eigenvalue weighted by molar-refractivity contribution is 5.79. The van der Waals surface area contributed by atoms with Gasteiger partial charge in [-0.25, -0.2) is 4.98 Å². The maximum atomic E-state index is 5.98. The fourth-order valence-electron chi connectivity index (χ4n) is 2.38. The second-order valence-electron chi connectivity index (χ2n) is 5.94. The van der Waals surface area contributed by atoms with Gasteiger partial charge in [-0.15, -0.1) is 0 Å². The van der Waals surface area contributed by atoms with Gasteiger partial charge in [0.05, 0.1) is 13.2 Å². The monoisotopic (exact) mass is 356 g/mol. The molecule has 0 aliphatic heterocycles. The largest absolute Gasteiger partial charge is 0.489 e. The summed E-state index contributed by atoms with van der Waals surface area (Å²) in [5, 5.41) is 6.57. The molecule has 1 heterocycles. The van der Waals surface area contributed by atoms with E-state index in [1.165, 1.54) is 0 Å². The summed E-state index contributed by atoms with van der Waals surface area (Å²) in [7, 11) is 1.75. The van der Waals surface area contributed by atoms with E-state index in [0.717, 1.165) is 22.8 Å². The highest BCUT2D eigenvalue weighted by Gasteiger charge is 2.07. The number of benzene rings is 1. The SMILES string of the molecule is CCOc1cc(CNC(=NC)NCC(C)Oc2ccccc2C)ccn1. The Morgan fingerprint density at radius 1 is 1.23 bits per heavy atom. The molecule has 0 amide bonds. The molecule has 140 valence electrons. The average Bonchev–Trinajstić information content (AvgIpc) is 2.64. The van der Waals surface area contributed by atoms with Crippen LogP contribution < -0.4 is 20.1 Å². The maximum absolute atomic E-state index is 5.98. The molecule has 1 atom stereocenters. The molecule has 2 N–H and O–H groups in total. The first-order chi connectivity index (χ1) is 12.6. The number of aromatic nitrogens is 1. The lowest BCUT2D eigenvalue weighted by atomic mass is 10.2. The van der Waals surface area contributed by atoms with Crippen molar-refractivity contribution < 1.29 is 9.47 Å².